The fourth-order valence-corrected chi connectivity index (χ4v) is 7.59. The molecule has 0 unspecified atom stereocenters. The van der Waals surface area contributed by atoms with Crippen molar-refractivity contribution in [1.29, 1.82) is 0 Å². The monoisotopic (exact) mass is 681 g/mol. The van der Waals surface area contributed by atoms with Crippen LogP contribution in [0.2, 0.25) is 10.6 Å². The van der Waals surface area contributed by atoms with Gasteiger partial charge in [0.05, 0.1) is 29.7 Å². The molecule has 0 bridgehead atoms. The van der Waals surface area contributed by atoms with Crippen LogP contribution in [0.5, 0.6) is 0 Å². The van der Waals surface area contributed by atoms with E-state index in [0.717, 1.165) is 76.8 Å². The molecule has 3 heterocycles. The minimum Gasteiger partial charge on any atom is -0.481 e. The highest BCUT2D eigenvalue weighted by atomic mass is 35.5. The van der Waals surface area contributed by atoms with E-state index in [1.54, 1.807) is 0 Å². The molecule has 3 aliphatic carbocycles. The van der Waals surface area contributed by atoms with Gasteiger partial charge in [-0.3, -0.25) is 9.59 Å². The molecular weight excluding hydrogens is 635 g/mol. The molecule has 1 saturated heterocycles. The van der Waals surface area contributed by atoms with Crippen LogP contribution < -0.4 is 0 Å². The number of nitrogens with zero attached hydrogens (tertiary/aromatic N) is 5. The minimum absolute atomic E-state index is 0.0250. The first-order chi connectivity index (χ1) is 22.2. The van der Waals surface area contributed by atoms with Crippen molar-refractivity contribution in [2.24, 2.45) is 23.7 Å². The van der Waals surface area contributed by atoms with E-state index < -0.39 is 11.8 Å². The molecule has 2 aromatic rings. The van der Waals surface area contributed by atoms with Crippen molar-refractivity contribution in [2.75, 3.05) is 13.1 Å². The third-order valence-electron chi connectivity index (χ3n) is 9.73. The summed E-state index contributed by atoms with van der Waals surface area (Å²) < 4.78 is 27.3. The fourth-order valence-electron chi connectivity index (χ4n) is 7.29. The Hall–Kier alpha value is -2.46. The van der Waals surface area contributed by atoms with Crippen LogP contribution in [0.15, 0.2) is 12.4 Å². The standard InChI is InChI=1S/C17H23ClFN3O.C12H14ClFN2O2.C5H10/c18-17-20-11-14(19)15(21-17)9-12-4-3-5-13(8-12)10-16(23)22-6-1-2-7-22;13-12-15-6-9(14)10(16-12)5-7-2-1-3-8(4-7)11(17)18;1-2-4-5-3-1/h11-13H,1-10H2;6-8H,1-5H2,(H,17,18);1-5H2/t12-,13+;7-,8+;/m00./s1. The van der Waals surface area contributed by atoms with Crippen LogP contribution in [0.1, 0.15) is 114 Å². The Morgan fingerprint density at radius 1 is 0.717 bits per heavy atom. The zero-order valence-corrected chi connectivity index (χ0v) is 28.1. The molecular formula is C34H47Cl2F2N5O3. The van der Waals surface area contributed by atoms with Gasteiger partial charge < -0.3 is 10.0 Å². The average Bonchev–Trinajstić information content (AvgIpc) is 3.80. The molecule has 254 valence electrons. The smallest absolute Gasteiger partial charge is 0.306 e. The van der Waals surface area contributed by atoms with Gasteiger partial charge in [-0.15, -0.1) is 0 Å². The van der Waals surface area contributed by atoms with E-state index in [4.69, 9.17) is 28.3 Å². The summed E-state index contributed by atoms with van der Waals surface area (Å²) in [5.41, 5.74) is 0.688. The molecule has 2 aromatic heterocycles. The number of carboxylic acid groups (broad SMARTS) is 1. The van der Waals surface area contributed by atoms with E-state index in [-0.39, 0.29) is 33.9 Å². The molecule has 6 rings (SSSR count). The van der Waals surface area contributed by atoms with Crippen LogP contribution >= 0.6 is 23.2 Å². The Labute approximate surface area is 281 Å². The highest BCUT2D eigenvalue weighted by molar-refractivity contribution is 6.28. The van der Waals surface area contributed by atoms with Crippen LogP contribution in [0.3, 0.4) is 0 Å². The normalized spacial score (nSPS) is 24.4. The Morgan fingerprint density at radius 2 is 1.20 bits per heavy atom. The first-order valence-corrected chi connectivity index (χ1v) is 17.8. The van der Waals surface area contributed by atoms with E-state index in [0.29, 0.717) is 55.5 Å². The molecule has 0 spiro atoms. The van der Waals surface area contributed by atoms with Crippen LogP contribution in [0.25, 0.3) is 0 Å². The lowest BCUT2D eigenvalue weighted by atomic mass is 9.78. The Bertz CT molecular complexity index is 1270. The van der Waals surface area contributed by atoms with Gasteiger partial charge in [-0.05, 0) is 92.3 Å². The van der Waals surface area contributed by atoms with Crippen molar-refractivity contribution in [3.8, 4) is 0 Å². The maximum Gasteiger partial charge on any atom is 0.306 e. The molecule has 1 N–H and O–H groups in total. The summed E-state index contributed by atoms with van der Waals surface area (Å²) in [5.74, 6) is -0.695. The van der Waals surface area contributed by atoms with Gasteiger partial charge in [-0.25, -0.2) is 28.7 Å². The number of rotatable bonds is 7. The minimum atomic E-state index is -0.763. The van der Waals surface area contributed by atoms with E-state index in [9.17, 15) is 18.4 Å². The summed E-state index contributed by atoms with van der Waals surface area (Å²) in [7, 11) is 0. The van der Waals surface area contributed by atoms with Gasteiger partial charge in [0.25, 0.3) is 0 Å². The SMILES string of the molecule is C1CCCC1.O=C(C[C@@H]1CCC[C@H](Cc2nc(Cl)ncc2F)C1)N1CCCC1.O=C(O)[C@@H]1CCC[C@H](Cc2nc(Cl)ncc2F)C1. The van der Waals surface area contributed by atoms with Crippen molar-refractivity contribution in [2.45, 2.75) is 116 Å². The van der Waals surface area contributed by atoms with Gasteiger partial charge in [-0.2, -0.15) is 0 Å². The lowest BCUT2D eigenvalue weighted by Crippen LogP contribution is -2.31. The van der Waals surface area contributed by atoms with E-state index in [1.807, 2.05) is 4.90 Å². The average molecular weight is 683 g/mol. The number of amides is 1. The molecule has 1 aliphatic heterocycles. The highest BCUT2D eigenvalue weighted by Crippen LogP contribution is 2.34. The maximum atomic E-state index is 13.8. The molecule has 4 fully saturated rings. The van der Waals surface area contributed by atoms with Crippen molar-refractivity contribution >= 4 is 35.1 Å². The van der Waals surface area contributed by atoms with Gasteiger partial charge in [-0.1, -0.05) is 57.8 Å². The van der Waals surface area contributed by atoms with Gasteiger partial charge in [0.2, 0.25) is 16.5 Å². The summed E-state index contributed by atoms with van der Waals surface area (Å²) in [5, 5.41) is 9.12. The molecule has 8 nitrogen and oxygen atoms in total. The third kappa shape index (κ3) is 12.0. The predicted octanol–water partition coefficient (Wildman–Crippen LogP) is 8.28. The zero-order chi connectivity index (χ0) is 32.9. The number of halogens is 4. The molecule has 3 saturated carbocycles. The van der Waals surface area contributed by atoms with Gasteiger partial charge in [0.15, 0.2) is 11.6 Å². The number of carbonyl (C=O) groups excluding carboxylic acids is 1. The lowest BCUT2D eigenvalue weighted by Gasteiger charge is -2.29. The molecule has 0 aromatic carbocycles. The Balaban J connectivity index is 0.000000185. The number of aromatic nitrogens is 4. The molecule has 4 atom stereocenters. The number of carbonyl (C=O) groups is 2. The van der Waals surface area contributed by atoms with Gasteiger partial charge >= 0.3 is 5.97 Å². The maximum absolute atomic E-state index is 13.8. The van der Waals surface area contributed by atoms with E-state index >= 15 is 0 Å². The summed E-state index contributed by atoms with van der Waals surface area (Å²) in [6.07, 6.45) is 20.9. The fraction of sp³-hybridized carbons (Fsp3) is 0.706. The molecule has 46 heavy (non-hydrogen) atoms. The lowest BCUT2D eigenvalue weighted by molar-refractivity contribution is -0.143. The predicted molar refractivity (Wildman–Crippen MR) is 173 cm³/mol. The van der Waals surface area contributed by atoms with Crippen molar-refractivity contribution in [3.63, 3.8) is 0 Å². The van der Waals surface area contributed by atoms with Crippen molar-refractivity contribution in [3.05, 3.63) is 46.0 Å². The number of likely N-dealkylation sites (tertiary alicyclic amines) is 1. The highest BCUT2D eigenvalue weighted by Gasteiger charge is 2.29. The third-order valence-corrected chi connectivity index (χ3v) is 10.1. The summed E-state index contributed by atoms with van der Waals surface area (Å²) >= 11 is 11.4. The van der Waals surface area contributed by atoms with Crippen LogP contribution in [0.4, 0.5) is 8.78 Å². The van der Waals surface area contributed by atoms with Crippen LogP contribution in [-0.4, -0.2) is 54.9 Å². The van der Waals surface area contributed by atoms with Crippen LogP contribution in [-0.2, 0) is 22.4 Å². The topological polar surface area (TPSA) is 109 Å². The number of carboxylic acids is 1. The quantitative estimate of drug-likeness (QED) is 0.293. The second-order valence-electron chi connectivity index (χ2n) is 13.3. The summed E-state index contributed by atoms with van der Waals surface area (Å²) in [4.78, 5) is 40.4. The first kappa shape index (κ1) is 36.4. The van der Waals surface area contributed by atoms with Gasteiger partial charge in [0, 0.05) is 19.5 Å². The van der Waals surface area contributed by atoms with Crippen molar-refractivity contribution < 1.29 is 23.5 Å². The number of aliphatic carboxylic acids is 1. The van der Waals surface area contributed by atoms with Crippen molar-refractivity contribution in [1.82, 2.24) is 24.8 Å². The number of hydrogen-bond donors (Lipinski definition) is 1. The van der Waals surface area contributed by atoms with Crippen LogP contribution in [0, 0.1) is 35.3 Å². The van der Waals surface area contributed by atoms with E-state index in [2.05, 4.69) is 19.9 Å². The number of hydrogen-bond acceptors (Lipinski definition) is 6. The second-order valence-corrected chi connectivity index (χ2v) is 14.0. The Kier molecular flexibility index (Phi) is 14.8. The van der Waals surface area contributed by atoms with E-state index in [1.165, 1.54) is 32.1 Å². The molecule has 12 heteroatoms. The molecule has 0 radical (unpaired) electrons. The Morgan fingerprint density at radius 3 is 1.72 bits per heavy atom. The second kappa shape index (κ2) is 18.8. The first-order valence-electron chi connectivity index (χ1n) is 17.0. The zero-order valence-electron chi connectivity index (χ0n) is 26.6. The molecule has 1 amide bonds. The molecule has 4 aliphatic rings. The largest absolute Gasteiger partial charge is 0.481 e. The summed E-state index contributed by atoms with van der Waals surface area (Å²) in [6, 6.07) is 0. The van der Waals surface area contributed by atoms with Gasteiger partial charge in [0.1, 0.15) is 0 Å². The summed E-state index contributed by atoms with van der Waals surface area (Å²) in [6.45, 7) is 1.83.